The Balaban J connectivity index is 3.96. The van der Waals surface area contributed by atoms with E-state index in [0.717, 1.165) is 0 Å². The summed E-state index contributed by atoms with van der Waals surface area (Å²) >= 11 is 0. The molecule has 0 saturated carbocycles. The van der Waals surface area contributed by atoms with Gasteiger partial charge in [0, 0.05) is 6.42 Å². The van der Waals surface area contributed by atoms with Gasteiger partial charge in [0.1, 0.15) is 12.1 Å². The molecule has 0 heterocycles. The molecule has 1 amide bonds. The van der Waals surface area contributed by atoms with Crippen LogP contribution in [-0.2, 0) is 14.3 Å². The average molecular weight is 229 g/mol. The Morgan fingerprint density at radius 3 is 2.44 bits per heavy atom. The van der Waals surface area contributed by atoms with Gasteiger partial charge in [0.25, 0.3) is 0 Å². The summed E-state index contributed by atoms with van der Waals surface area (Å²) in [5.41, 5.74) is 0. The van der Waals surface area contributed by atoms with E-state index in [1.165, 1.54) is 6.92 Å². The zero-order valence-electron chi connectivity index (χ0n) is 9.95. The minimum Gasteiger partial charge on any atom is -0.495 e. The van der Waals surface area contributed by atoms with E-state index in [0.29, 0.717) is 12.2 Å². The zero-order chi connectivity index (χ0) is 12.7. The molecular formula is C11H19NO4. The molecule has 0 bridgehead atoms. The van der Waals surface area contributed by atoms with Crippen molar-refractivity contribution in [1.82, 2.24) is 5.32 Å². The molecule has 0 spiro atoms. The van der Waals surface area contributed by atoms with Gasteiger partial charge < -0.3 is 15.2 Å². The summed E-state index contributed by atoms with van der Waals surface area (Å²) < 4.78 is 5.31. The molecule has 16 heavy (non-hydrogen) atoms. The van der Waals surface area contributed by atoms with Crippen molar-refractivity contribution in [3.8, 4) is 0 Å². The summed E-state index contributed by atoms with van der Waals surface area (Å²) in [5, 5.41) is 10.9. The minimum absolute atomic E-state index is 0.122. The third-order valence-electron chi connectivity index (χ3n) is 1.98. The normalized spacial score (nSPS) is 13.7. The van der Waals surface area contributed by atoms with Gasteiger partial charge >= 0.3 is 5.97 Å². The number of rotatable bonds is 7. The second-order valence-electron chi connectivity index (χ2n) is 3.65. The number of hydrogen-bond donors (Lipinski definition) is 2. The highest BCUT2D eigenvalue weighted by Crippen LogP contribution is 2.07. The minimum atomic E-state index is -1.06. The predicted molar refractivity (Wildman–Crippen MR) is 59.8 cm³/mol. The molecule has 2 N–H and O–H groups in total. The first-order chi connectivity index (χ1) is 7.36. The number of carbonyl (C=O) groups is 2. The molecular weight excluding hydrogens is 210 g/mol. The zero-order valence-corrected chi connectivity index (χ0v) is 9.95. The van der Waals surface area contributed by atoms with E-state index >= 15 is 0 Å². The van der Waals surface area contributed by atoms with Crippen LogP contribution in [0.3, 0.4) is 0 Å². The predicted octanol–water partition coefficient (Wildman–Crippen LogP) is 1.29. The van der Waals surface area contributed by atoms with Crippen LogP contribution in [0.4, 0.5) is 0 Å². The lowest BCUT2D eigenvalue weighted by Gasteiger charge is -2.16. The molecule has 0 saturated heterocycles. The Morgan fingerprint density at radius 2 is 2.00 bits per heavy atom. The third kappa shape index (κ3) is 6.06. The molecule has 5 nitrogen and oxygen atoms in total. The second kappa shape index (κ2) is 6.87. The van der Waals surface area contributed by atoms with Crippen molar-refractivity contribution >= 4 is 11.9 Å². The Kier molecular flexibility index (Phi) is 6.22. The SMILES string of the molecule is C=C(CC)OC(C)CC(=O)N[C@@H](C)C(=O)O. The van der Waals surface area contributed by atoms with Gasteiger partial charge in [0.05, 0.1) is 12.2 Å². The molecule has 0 aliphatic carbocycles. The number of nitrogens with one attached hydrogen (secondary N) is 1. The molecule has 0 aromatic carbocycles. The highest BCUT2D eigenvalue weighted by molar-refractivity contribution is 5.83. The fourth-order valence-electron chi connectivity index (χ4n) is 1.03. The maximum Gasteiger partial charge on any atom is 0.325 e. The maximum atomic E-state index is 11.4. The summed E-state index contributed by atoms with van der Waals surface area (Å²) in [6.45, 7) is 8.72. The van der Waals surface area contributed by atoms with E-state index in [9.17, 15) is 9.59 Å². The van der Waals surface area contributed by atoms with Crippen molar-refractivity contribution in [3.05, 3.63) is 12.3 Å². The molecule has 0 fully saturated rings. The third-order valence-corrected chi connectivity index (χ3v) is 1.98. The van der Waals surface area contributed by atoms with Crippen molar-refractivity contribution in [3.63, 3.8) is 0 Å². The van der Waals surface area contributed by atoms with E-state index < -0.39 is 12.0 Å². The number of aliphatic carboxylic acids is 1. The van der Waals surface area contributed by atoms with Crippen molar-refractivity contribution in [1.29, 1.82) is 0 Å². The van der Waals surface area contributed by atoms with Gasteiger partial charge in [-0.05, 0) is 13.8 Å². The van der Waals surface area contributed by atoms with Crippen LogP contribution in [0.5, 0.6) is 0 Å². The van der Waals surface area contributed by atoms with Crippen molar-refractivity contribution in [2.24, 2.45) is 0 Å². The first-order valence-corrected chi connectivity index (χ1v) is 5.23. The molecule has 1 unspecified atom stereocenters. The lowest BCUT2D eigenvalue weighted by Crippen LogP contribution is -2.39. The van der Waals surface area contributed by atoms with Crippen LogP contribution in [-0.4, -0.2) is 29.1 Å². The summed E-state index contributed by atoms with van der Waals surface area (Å²) in [4.78, 5) is 21.8. The largest absolute Gasteiger partial charge is 0.495 e. The van der Waals surface area contributed by atoms with Gasteiger partial charge in [0.2, 0.25) is 5.91 Å². The van der Waals surface area contributed by atoms with Crippen LogP contribution in [0, 0.1) is 0 Å². The maximum absolute atomic E-state index is 11.4. The smallest absolute Gasteiger partial charge is 0.325 e. The van der Waals surface area contributed by atoms with Crippen LogP contribution in [0.2, 0.25) is 0 Å². The Morgan fingerprint density at radius 1 is 1.44 bits per heavy atom. The molecule has 2 atom stereocenters. The molecule has 0 aromatic rings. The van der Waals surface area contributed by atoms with Crippen LogP contribution in [0.25, 0.3) is 0 Å². The van der Waals surface area contributed by atoms with Crippen LogP contribution >= 0.6 is 0 Å². The summed E-state index contributed by atoms with van der Waals surface area (Å²) in [5.74, 6) is -0.780. The van der Waals surface area contributed by atoms with Gasteiger partial charge in [-0.1, -0.05) is 13.5 Å². The quantitative estimate of drug-likeness (QED) is 0.645. The number of allylic oxidation sites excluding steroid dienone is 1. The molecule has 92 valence electrons. The van der Waals surface area contributed by atoms with Crippen LogP contribution in [0.1, 0.15) is 33.6 Å². The number of hydrogen-bond acceptors (Lipinski definition) is 3. The summed E-state index contributed by atoms with van der Waals surface area (Å²) in [6.07, 6.45) is 0.516. The highest BCUT2D eigenvalue weighted by Gasteiger charge is 2.16. The molecule has 5 heteroatoms. The molecule has 0 aromatic heterocycles. The van der Waals surface area contributed by atoms with Crippen LogP contribution < -0.4 is 5.32 Å². The Bertz CT molecular complexity index is 275. The number of carbonyl (C=O) groups excluding carboxylic acids is 1. The monoisotopic (exact) mass is 229 g/mol. The highest BCUT2D eigenvalue weighted by atomic mass is 16.5. The fourth-order valence-corrected chi connectivity index (χ4v) is 1.03. The van der Waals surface area contributed by atoms with E-state index in [4.69, 9.17) is 9.84 Å². The van der Waals surface area contributed by atoms with Gasteiger partial charge in [-0.15, -0.1) is 0 Å². The lowest BCUT2D eigenvalue weighted by atomic mass is 10.2. The summed E-state index contributed by atoms with van der Waals surface area (Å²) in [6, 6.07) is -0.880. The van der Waals surface area contributed by atoms with Gasteiger partial charge in [-0.2, -0.15) is 0 Å². The van der Waals surface area contributed by atoms with Crippen molar-refractivity contribution in [2.75, 3.05) is 0 Å². The average Bonchev–Trinajstić information content (AvgIpc) is 2.16. The molecule has 0 aliphatic heterocycles. The lowest BCUT2D eigenvalue weighted by molar-refractivity contribution is -0.141. The number of amides is 1. The Hall–Kier alpha value is -1.52. The van der Waals surface area contributed by atoms with E-state index in [2.05, 4.69) is 11.9 Å². The van der Waals surface area contributed by atoms with Gasteiger partial charge in [-0.3, -0.25) is 9.59 Å². The number of carboxylic acid groups (broad SMARTS) is 1. The van der Waals surface area contributed by atoms with Gasteiger partial charge in [0.15, 0.2) is 0 Å². The summed E-state index contributed by atoms with van der Waals surface area (Å²) in [7, 11) is 0. The van der Waals surface area contributed by atoms with E-state index in [-0.39, 0.29) is 18.4 Å². The topological polar surface area (TPSA) is 75.6 Å². The molecule has 0 radical (unpaired) electrons. The first-order valence-electron chi connectivity index (χ1n) is 5.23. The number of ether oxygens (including phenoxy) is 1. The standard InChI is InChI=1S/C11H19NO4/c1-5-7(2)16-8(3)6-10(13)12-9(4)11(14)15/h8-9H,2,5-6H2,1,3-4H3,(H,12,13)(H,14,15)/t8?,9-/m0/s1. The first kappa shape index (κ1) is 14.5. The molecule has 0 rings (SSSR count). The van der Waals surface area contributed by atoms with E-state index in [1.807, 2.05) is 6.92 Å². The Labute approximate surface area is 95.5 Å². The molecule has 0 aliphatic rings. The van der Waals surface area contributed by atoms with Crippen molar-refractivity contribution in [2.45, 2.75) is 45.8 Å². The number of carboxylic acids is 1. The van der Waals surface area contributed by atoms with Crippen LogP contribution in [0.15, 0.2) is 12.3 Å². The van der Waals surface area contributed by atoms with Crippen molar-refractivity contribution < 1.29 is 19.4 Å². The fraction of sp³-hybridized carbons (Fsp3) is 0.636. The second-order valence-corrected chi connectivity index (χ2v) is 3.65. The van der Waals surface area contributed by atoms with E-state index in [1.54, 1.807) is 6.92 Å². The van der Waals surface area contributed by atoms with Gasteiger partial charge in [-0.25, -0.2) is 0 Å².